The second-order valence-electron chi connectivity index (χ2n) is 5.67. The molecule has 0 spiro atoms. The molecule has 24 heavy (non-hydrogen) atoms. The van der Waals surface area contributed by atoms with Crippen molar-refractivity contribution in [3.05, 3.63) is 35.8 Å². The first-order chi connectivity index (χ1) is 11.5. The zero-order valence-corrected chi connectivity index (χ0v) is 13.1. The monoisotopic (exact) mass is 330 g/mol. The molecular weight excluding hydrogens is 311 g/mol. The number of primary amides is 1. The Balaban J connectivity index is 1.98. The van der Waals surface area contributed by atoms with Crippen molar-refractivity contribution in [2.75, 3.05) is 29.0 Å². The molecule has 1 aliphatic rings. The molecule has 3 rings (SSSR count). The van der Waals surface area contributed by atoms with Gasteiger partial charge in [-0.05, 0) is 43.5 Å². The van der Waals surface area contributed by atoms with Gasteiger partial charge >= 0.3 is 0 Å². The molecule has 1 saturated heterocycles. The Morgan fingerprint density at radius 2 is 1.79 bits per heavy atom. The fraction of sp³-hybridized carbons (Fsp3) is 0.312. The predicted molar refractivity (Wildman–Crippen MR) is 90.7 cm³/mol. The van der Waals surface area contributed by atoms with Crippen LogP contribution in [0.3, 0.4) is 0 Å². The maximum absolute atomic E-state index is 13.0. The zero-order valence-electron chi connectivity index (χ0n) is 13.1. The molecule has 2 aromatic rings. The Kier molecular flexibility index (Phi) is 4.45. The van der Waals surface area contributed by atoms with Gasteiger partial charge in [-0.3, -0.25) is 4.79 Å². The van der Waals surface area contributed by atoms with Crippen LogP contribution in [0, 0.1) is 5.82 Å². The van der Waals surface area contributed by atoms with Crippen LogP contribution in [0.25, 0.3) is 0 Å². The maximum atomic E-state index is 13.0. The number of nitrogen functional groups attached to an aromatic ring is 1. The molecule has 5 N–H and O–H groups in total. The number of piperidine rings is 1. The molecule has 0 aliphatic carbocycles. The van der Waals surface area contributed by atoms with Crippen LogP contribution >= 0.6 is 0 Å². The Morgan fingerprint density at radius 3 is 2.42 bits per heavy atom. The first-order valence-corrected chi connectivity index (χ1v) is 7.79. The standard InChI is InChI=1S/C16H19FN6O/c17-10-4-6-11(7-5-10)20-15-12(14(19)24)21-13(18)16(22-15)23-8-2-1-3-9-23/h4-7H,1-3,8-9H2,(H2,18,21)(H2,19,24)(H,20,22). The summed E-state index contributed by atoms with van der Waals surface area (Å²) in [7, 11) is 0. The van der Waals surface area contributed by atoms with E-state index in [9.17, 15) is 9.18 Å². The molecule has 0 unspecified atom stereocenters. The smallest absolute Gasteiger partial charge is 0.271 e. The molecule has 1 aromatic carbocycles. The van der Waals surface area contributed by atoms with E-state index in [1.807, 2.05) is 4.90 Å². The summed E-state index contributed by atoms with van der Waals surface area (Å²) in [6.45, 7) is 1.68. The van der Waals surface area contributed by atoms with Crippen molar-refractivity contribution >= 4 is 29.0 Å². The lowest BCUT2D eigenvalue weighted by Crippen LogP contribution is -2.32. The number of carbonyl (C=O) groups is 1. The topological polar surface area (TPSA) is 110 Å². The number of aromatic nitrogens is 2. The summed E-state index contributed by atoms with van der Waals surface area (Å²) in [5.41, 5.74) is 11.9. The minimum Gasteiger partial charge on any atom is -0.381 e. The molecule has 1 fully saturated rings. The lowest BCUT2D eigenvalue weighted by molar-refractivity contribution is 0.0996. The van der Waals surface area contributed by atoms with Gasteiger partial charge in [0.05, 0.1) is 0 Å². The van der Waals surface area contributed by atoms with Crippen LogP contribution < -0.4 is 21.7 Å². The van der Waals surface area contributed by atoms with Gasteiger partial charge in [-0.2, -0.15) is 0 Å². The normalized spacial score (nSPS) is 14.5. The van der Waals surface area contributed by atoms with Crippen LogP contribution in [0.4, 0.5) is 27.5 Å². The van der Waals surface area contributed by atoms with E-state index < -0.39 is 5.91 Å². The molecular formula is C16H19FN6O. The fourth-order valence-corrected chi connectivity index (χ4v) is 2.71. The molecule has 1 aromatic heterocycles. The number of halogens is 1. The van der Waals surface area contributed by atoms with E-state index in [2.05, 4.69) is 15.3 Å². The van der Waals surface area contributed by atoms with Gasteiger partial charge in [0.25, 0.3) is 5.91 Å². The predicted octanol–water partition coefficient (Wildman–Crippen LogP) is 2.03. The number of nitrogens with one attached hydrogen (secondary N) is 1. The highest BCUT2D eigenvalue weighted by Gasteiger charge is 2.21. The summed E-state index contributed by atoms with van der Waals surface area (Å²) >= 11 is 0. The quantitative estimate of drug-likeness (QED) is 0.791. The molecule has 0 saturated carbocycles. The van der Waals surface area contributed by atoms with E-state index in [-0.39, 0.29) is 23.1 Å². The highest BCUT2D eigenvalue weighted by atomic mass is 19.1. The first-order valence-electron chi connectivity index (χ1n) is 7.79. The Morgan fingerprint density at radius 1 is 1.12 bits per heavy atom. The van der Waals surface area contributed by atoms with E-state index in [0.29, 0.717) is 11.5 Å². The summed E-state index contributed by atoms with van der Waals surface area (Å²) in [6.07, 6.45) is 3.28. The molecule has 0 atom stereocenters. The van der Waals surface area contributed by atoms with Gasteiger partial charge in [-0.25, -0.2) is 14.4 Å². The van der Waals surface area contributed by atoms with Gasteiger partial charge in [0.15, 0.2) is 23.1 Å². The highest BCUT2D eigenvalue weighted by molar-refractivity contribution is 5.97. The van der Waals surface area contributed by atoms with Crippen molar-refractivity contribution in [3.8, 4) is 0 Å². The van der Waals surface area contributed by atoms with Crippen LogP contribution in [0.2, 0.25) is 0 Å². The number of benzene rings is 1. The Labute approximate surface area is 138 Å². The number of hydrogen-bond acceptors (Lipinski definition) is 6. The summed E-state index contributed by atoms with van der Waals surface area (Å²) in [6, 6.07) is 5.70. The number of hydrogen-bond donors (Lipinski definition) is 3. The van der Waals surface area contributed by atoms with E-state index in [0.717, 1.165) is 25.9 Å². The molecule has 7 nitrogen and oxygen atoms in total. The Bertz CT molecular complexity index is 743. The minimum absolute atomic E-state index is 0.0439. The van der Waals surface area contributed by atoms with E-state index in [1.165, 1.54) is 18.6 Å². The molecule has 2 heterocycles. The van der Waals surface area contributed by atoms with E-state index in [4.69, 9.17) is 11.5 Å². The second-order valence-corrected chi connectivity index (χ2v) is 5.67. The van der Waals surface area contributed by atoms with Crippen molar-refractivity contribution in [3.63, 3.8) is 0 Å². The third-order valence-corrected chi connectivity index (χ3v) is 3.90. The van der Waals surface area contributed by atoms with Gasteiger partial charge in [0, 0.05) is 18.8 Å². The second kappa shape index (κ2) is 6.69. The third kappa shape index (κ3) is 3.37. The van der Waals surface area contributed by atoms with Crippen LogP contribution in [-0.4, -0.2) is 29.0 Å². The van der Waals surface area contributed by atoms with Gasteiger partial charge < -0.3 is 21.7 Å². The molecule has 0 radical (unpaired) electrons. The molecule has 0 bridgehead atoms. The molecule has 8 heteroatoms. The molecule has 1 amide bonds. The van der Waals surface area contributed by atoms with Crippen LogP contribution in [0.5, 0.6) is 0 Å². The molecule has 126 valence electrons. The first kappa shape index (κ1) is 16.0. The molecule has 1 aliphatic heterocycles. The van der Waals surface area contributed by atoms with Crippen molar-refractivity contribution in [1.82, 2.24) is 9.97 Å². The average Bonchev–Trinajstić information content (AvgIpc) is 2.58. The van der Waals surface area contributed by atoms with Crippen molar-refractivity contribution in [2.24, 2.45) is 5.73 Å². The maximum Gasteiger partial charge on any atom is 0.271 e. The van der Waals surface area contributed by atoms with Crippen LogP contribution in [0.15, 0.2) is 24.3 Å². The minimum atomic E-state index is -0.732. The van der Waals surface area contributed by atoms with Crippen LogP contribution in [-0.2, 0) is 0 Å². The van der Waals surface area contributed by atoms with Gasteiger partial charge in [-0.15, -0.1) is 0 Å². The highest BCUT2D eigenvalue weighted by Crippen LogP contribution is 2.27. The Hall–Kier alpha value is -2.90. The number of nitrogens with zero attached hydrogens (tertiary/aromatic N) is 3. The van der Waals surface area contributed by atoms with Crippen LogP contribution in [0.1, 0.15) is 29.8 Å². The third-order valence-electron chi connectivity index (χ3n) is 3.90. The number of nitrogens with two attached hydrogens (primary N) is 2. The number of anilines is 4. The summed E-state index contributed by atoms with van der Waals surface area (Å²) in [5.74, 6) is -0.166. The summed E-state index contributed by atoms with van der Waals surface area (Å²) in [4.78, 5) is 22.3. The number of carbonyl (C=O) groups excluding carboxylic acids is 1. The average molecular weight is 330 g/mol. The fourth-order valence-electron chi connectivity index (χ4n) is 2.71. The van der Waals surface area contributed by atoms with Gasteiger partial charge in [0.1, 0.15) is 5.82 Å². The zero-order chi connectivity index (χ0) is 17.1. The van der Waals surface area contributed by atoms with Crippen molar-refractivity contribution in [2.45, 2.75) is 19.3 Å². The van der Waals surface area contributed by atoms with E-state index >= 15 is 0 Å². The summed E-state index contributed by atoms with van der Waals surface area (Å²) < 4.78 is 13.0. The lowest BCUT2D eigenvalue weighted by atomic mass is 10.1. The van der Waals surface area contributed by atoms with Gasteiger partial charge in [0.2, 0.25) is 0 Å². The number of amides is 1. The number of rotatable bonds is 4. The summed E-state index contributed by atoms with van der Waals surface area (Å²) in [5, 5.41) is 2.96. The van der Waals surface area contributed by atoms with Crippen molar-refractivity contribution in [1.29, 1.82) is 0 Å². The van der Waals surface area contributed by atoms with Crippen molar-refractivity contribution < 1.29 is 9.18 Å². The van der Waals surface area contributed by atoms with E-state index in [1.54, 1.807) is 12.1 Å². The SMILES string of the molecule is NC(=O)c1nc(N)c(N2CCCCC2)nc1Nc1ccc(F)cc1. The lowest BCUT2D eigenvalue weighted by Gasteiger charge is -2.28. The van der Waals surface area contributed by atoms with Gasteiger partial charge in [-0.1, -0.05) is 0 Å². The largest absolute Gasteiger partial charge is 0.381 e.